The number of rotatable bonds is 0. The Kier molecular flexibility index (Phi) is 7.83. The van der Waals surface area contributed by atoms with Gasteiger partial charge in [-0.15, -0.1) is 0 Å². The van der Waals surface area contributed by atoms with Crippen LogP contribution in [0.25, 0.3) is 0 Å². The molecule has 2 N–H and O–H groups in total. The summed E-state index contributed by atoms with van der Waals surface area (Å²) < 4.78 is 0. The van der Waals surface area contributed by atoms with Crippen LogP contribution in [0.2, 0.25) is 0 Å². The van der Waals surface area contributed by atoms with E-state index in [1.54, 1.807) is 0 Å². The number of carbonyl (C=O) groups is 1. The van der Waals surface area contributed by atoms with Gasteiger partial charge in [0, 0.05) is 0 Å². The molecule has 24 valence electrons. The van der Waals surface area contributed by atoms with Gasteiger partial charge in [0.05, 0.1) is 5.91 Å². The van der Waals surface area contributed by atoms with E-state index in [1.165, 1.54) is 0 Å². The van der Waals surface area contributed by atoms with Gasteiger partial charge in [-0.3, -0.25) is 0 Å². The van der Waals surface area contributed by atoms with Gasteiger partial charge < -0.3 is 17.5 Å². The fourth-order valence-corrected chi connectivity index (χ4v) is 0. The van der Waals surface area contributed by atoms with Crippen LogP contribution in [0.4, 0.5) is 0 Å². The maximum absolute atomic E-state index is 9.11. The zero-order valence-electron chi connectivity index (χ0n) is 3.19. The first-order valence-electron chi connectivity index (χ1n) is 0.846. The van der Waals surface area contributed by atoms with E-state index in [9.17, 15) is 0 Å². The fourth-order valence-electron chi connectivity index (χ4n) is 0. The van der Waals surface area contributed by atoms with E-state index in [0.29, 0.717) is 0 Å². The molecular formula is C2H4NNaO. The fraction of sp³-hybridized carbons (Fsp3) is 0. The molecule has 0 saturated heterocycles. The Hall–Kier alpha value is 0.340. The molecule has 0 saturated carbocycles. The minimum Gasteiger partial charge on any atom is -0.395 e. The maximum Gasteiger partial charge on any atom is 1.00 e. The minimum atomic E-state index is -0.583. The van der Waals surface area contributed by atoms with Crippen LogP contribution in [0.5, 0.6) is 0 Å². The van der Waals surface area contributed by atoms with Gasteiger partial charge >= 0.3 is 29.6 Å². The number of hydrogen-bond donors (Lipinski definition) is 1. The van der Waals surface area contributed by atoms with Crippen molar-refractivity contribution < 1.29 is 34.4 Å². The summed E-state index contributed by atoms with van der Waals surface area (Å²) >= 11 is 0. The van der Waals surface area contributed by atoms with Crippen molar-refractivity contribution in [2.75, 3.05) is 0 Å². The zero-order chi connectivity index (χ0) is 3.58. The smallest absolute Gasteiger partial charge is 0.395 e. The maximum atomic E-state index is 9.11. The third-order valence-electron chi connectivity index (χ3n) is 0. The molecule has 2 nitrogen and oxygen atoms in total. The van der Waals surface area contributed by atoms with Crippen LogP contribution in [-0.4, -0.2) is 5.91 Å². The Labute approximate surface area is 53.0 Å². The summed E-state index contributed by atoms with van der Waals surface area (Å²) in [5, 5.41) is 0. The van der Waals surface area contributed by atoms with E-state index in [4.69, 9.17) is 4.79 Å². The average molecular weight is 81.0 g/mol. The van der Waals surface area contributed by atoms with E-state index in [0.717, 1.165) is 0 Å². The van der Waals surface area contributed by atoms with Crippen molar-refractivity contribution in [3.63, 3.8) is 0 Å². The molecule has 5 heavy (non-hydrogen) atoms. The molecule has 0 aromatic heterocycles. The Bertz CT molecular complexity index is 32.6. The Morgan fingerprint density at radius 1 is 1.80 bits per heavy atom. The summed E-state index contributed by atoms with van der Waals surface area (Å²) in [5.41, 5.74) is 4.36. The third-order valence-corrected chi connectivity index (χ3v) is 0. The molecule has 0 aromatic carbocycles. The van der Waals surface area contributed by atoms with Crippen LogP contribution in [0.15, 0.2) is 0 Å². The van der Waals surface area contributed by atoms with Gasteiger partial charge in [0.25, 0.3) is 0 Å². The predicted octanol–water partition coefficient (Wildman–Crippen LogP) is -3.69. The SMILES string of the molecule is [CH2-]C(N)=O.[Na+]. The number of nitrogens with two attached hydrogens (primary N) is 1. The molecule has 0 rings (SSSR count). The number of primary amides is 1. The summed E-state index contributed by atoms with van der Waals surface area (Å²) in [6.45, 7) is 2.78. The van der Waals surface area contributed by atoms with E-state index in [2.05, 4.69) is 12.7 Å². The monoisotopic (exact) mass is 81.0 g/mol. The van der Waals surface area contributed by atoms with Gasteiger partial charge in [0.15, 0.2) is 0 Å². The van der Waals surface area contributed by atoms with Crippen LogP contribution in [-0.2, 0) is 4.79 Å². The minimum absolute atomic E-state index is 0. The van der Waals surface area contributed by atoms with E-state index in [1.807, 2.05) is 0 Å². The topological polar surface area (TPSA) is 43.1 Å². The third kappa shape index (κ3) is 206. The average Bonchev–Trinajstić information content (AvgIpc) is 0.811. The van der Waals surface area contributed by atoms with Crippen molar-refractivity contribution in [1.29, 1.82) is 0 Å². The first kappa shape index (κ1) is 9.02. The standard InChI is InChI=1S/C2H4NO.Na/c1-2(3)4;/h1H2,(H2,3,4);/q-1;+1. The van der Waals surface area contributed by atoms with E-state index < -0.39 is 5.91 Å². The van der Waals surface area contributed by atoms with Crippen LogP contribution < -0.4 is 35.3 Å². The number of hydrogen-bond acceptors (Lipinski definition) is 1. The van der Waals surface area contributed by atoms with Crippen molar-refractivity contribution in [2.24, 2.45) is 5.73 Å². The van der Waals surface area contributed by atoms with Crippen LogP contribution in [0.3, 0.4) is 0 Å². The Morgan fingerprint density at radius 2 is 1.80 bits per heavy atom. The number of carbonyl (C=O) groups excluding carboxylic acids is 1. The predicted molar refractivity (Wildman–Crippen MR) is 14.6 cm³/mol. The molecule has 0 unspecified atom stereocenters. The van der Waals surface area contributed by atoms with Crippen molar-refractivity contribution in [3.05, 3.63) is 6.92 Å². The molecule has 0 spiro atoms. The zero-order valence-corrected chi connectivity index (χ0v) is 5.19. The van der Waals surface area contributed by atoms with E-state index >= 15 is 0 Å². The molecule has 0 aliphatic rings. The van der Waals surface area contributed by atoms with Crippen molar-refractivity contribution in [1.82, 2.24) is 0 Å². The molecule has 0 atom stereocenters. The Morgan fingerprint density at radius 3 is 1.80 bits per heavy atom. The largest absolute Gasteiger partial charge is 1.00 e. The molecule has 0 aromatic rings. The van der Waals surface area contributed by atoms with Gasteiger partial charge in [-0.1, -0.05) is 0 Å². The van der Waals surface area contributed by atoms with Gasteiger partial charge in [-0.05, 0) is 0 Å². The molecule has 0 aliphatic heterocycles. The molecule has 0 aliphatic carbocycles. The second-order valence-electron chi connectivity index (χ2n) is 0.466. The summed E-state index contributed by atoms with van der Waals surface area (Å²) in [5.74, 6) is -0.583. The molecule has 0 radical (unpaired) electrons. The summed E-state index contributed by atoms with van der Waals surface area (Å²) in [7, 11) is 0. The summed E-state index contributed by atoms with van der Waals surface area (Å²) in [6, 6.07) is 0. The normalized spacial score (nSPS) is 4.80. The second kappa shape index (κ2) is 4.34. The first-order valence-corrected chi connectivity index (χ1v) is 0.846. The van der Waals surface area contributed by atoms with Crippen molar-refractivity contribution in [3.8, 4) is 0 Å². The van der Waals surface area contributed by atoms with E-state index in [-0.39, 0.29) is 29.6 Å². The van der Waals surface area contributed by atoms with Gasteiger partial charge in [0.2, 0.25) is 0 Å². The van der Waals surface area contributed by atoms with Gasteiger partial charge in [0.1, 0.15) is 0 Å². The molecule has 0 fully saturated rings. The molecule has 3 heteroatoms. The van der Waals surface area contributed by atoms with Gasteiger partial charge in [-0.25, -0.2) is 0 Å². The van der Waals surface area contributed by atoms with Crippen molar-refractivity contribution in [2.45, 2.75) is 0 Å². The van der Waals surface area contributed by atoms with Crippen LogP contribution in [0, 0.1) is 6.92 Å². The van der Waals surface area contributed by atoms with Crippen LogP contribution >= 0.6 is 0 Å². The Balaban J connectivity index is 0. The molecule has 0 heterocycles. The quantitative estimate of drug-likeness (QED) is 0.237. The summed E-state index contributed by atoms with van der Waals surface area (Å²) in [4.78, 5) is 9.11. The molecular weight excluding hydrogens is 77.0 g/mol. The molecule has 1 amide bonds. The second-order valence-corrected chi connectivity index (χ2v) is 0.466. The summed E-state index contributed by atoms with van der Waals surface area (Å²) in [6.07, 6.45) is 0. The van der Waals surface area contributed by atoms with Crippen LogP contribution in [0.1, 0.15) is 0 Å². The van der Waals surface area contributed by atoms with Gasteiger partial charge in [-0.2, -0.15) is 0 Å². The first-order chi connectivity index (χ1) is 1.73. The molecule has 0 bridgehead atoms. The van der Waals surface area contributed by atoms with Crippen molar-refractivity contribution >= 4 is 5.91 Å². The number of amides is 1.